The topological polar surface area (TPSA) is 132 Å². The molecule has 0 unspecified atom stereocenters. The summed E-state index contributed by atoms with van der Waals surface area (Å²) in [5.41, 5.74) is 1.49. The Morgan fingerprint density at radius 2 is 1.55 bits per heavy atom. The van der Waals surface area contributed by atoms with Gasteiger partial charge in [-0.15, -0.1) is 0 Å². The van der Waals surface area contributed by atoms with Crippen molar-refractivity contribution >= 4 is 28.5 Å². The van der Waals surface area contributed by atoms with Crippen LogP contribution < -0.4 is 24.5 Å². The number of morpholine rings is 1. The normalized spacial score (nSPS) is 15.4. The van der Waals surface area contributed by atoms with Gasteiger partial charge in [-0.1, -0.05) is 0 Å². The molecule has 0 saturated carbocycles. The van der Waals surface area contributed by atoms with Gasteiger partial charge in [0.15, 0.2) is 28.8 Å². The fourth-order valence-corrected chi connectivity index (χ4v) is 5.63. The van der Waals surface area contributed by atoms with Gasteiger partial charge in [-0.25, -0.2) is 0 Å². The lowest BCUT2D eigenvalue weighted by atomic mass is 10.0. The van der Waals surface area contributed by atoms with Crippen LogP contribution in [-0.4, -0.2) is 81.0 Å². The molecule has 0 bridgehead atoms. The minimum atomic E-state index is -0.688. The average Bonchev–Trinajstić information content (AvgIpc) is 3.58. The van der Waals surface area contributed by atoms with Crippen LogP contribution >= 0.6 is 0 Å². The largest absolute Gasteiger partial charge is 0.493 e. The number of esters is 2. The summed E-state index contributed by atoms with van der Waals surface area (Å²) in [5, 5.41) is 0.590. The summed E-state index contributed by atoms with van der Waals surface area (Å²) in [6.45, 7) is 4.21. The standard InChI is InChI=1S/C30H30N2O10/c1-37-21-15-20-17(12-24(21)42-26(34)5-4-25(33)38-2)27-28(18-13-22-23(41-16-40-22)14-19(18)29(27)35)32(30(20)36)7-3-6-31-8-10-39-11-9-31/h12-15H,3-11,16H2,1-2H3. The van der Waals surface area contributed by atoms with Crippen molar-refractivity contribution in [3.05, 3.63) is 45.7 Å². The van der Waals surface area contributed by atoms with E-state index in [1.54, 1.807) is 16.7 Å². The number of nitrogens with zero attached hydrogens (tertiary/aromatic N) is 2. The Morgan fingerprint density at radius 1 is 0.857 bits per heavy atom. The number of hydrogen-bond acceptors (Lipinski definition) is 11. The Bertz CT molecular complexity index is 1650. The Morgan fingerprint density at radius 3 is 2.26 bits per heavy atom. The number of methoxy groups -OCH3 is 2. The highest BCUT2D eigenvalue weighted by atomic mass is 16.7. The van der Waals surface area contributed by atoms with Crippen molar-refractivity contribution in [2.24, 2.45) is 0 Å². The monoisotopic (exact) mass is 578 g/mol. The predicted molar refractivity (Wildman–Crippen MR) is 149 cm³/mol. The second-order valence-electron chi connectivity index (χ2n) is 10.2. The van der Waals surface area contributed by atoms with Gasteiger partial charge in [-0.05, 0) is 30.7 Å². The van der Waals surface area contributed by atoms with Crippen LogP contribution in [0.4, 0.5) is 0 Å². The predicted octanol–water partition coefficient (Wildman–Crippen LogP) is 2.53. The summed E-state index contributed by atoms with van der Waals surface area (Å²) in [4.78, 5) is 54.4. The second-order valence-corrected chi connectivity index (χ2v) is 10.2. The number of carbonyl (C=O) groups excluding carboxylic acids is 3. The van der Waals surface area contributed by atoms with Gasteiger partial charge in [0.05, 0.1) is 56.9 Å². The Kier molecular flexibility index (Phi) is 7.56. The molecular formula is C30H30N2O10. The van der Waals surface area contributed by atoms with Crippen LogP contribution in [0.2, 0.25) is 0 Å². The molecule has 12 nitrogen and oxygen atoms in total. The Balaban J connectivity index is 1.45. The number of ether oxygens (including phenoxy) is 6. The maximum absolute atomic E-state index is 14.1. The first-order chi connectivity index (χ1) is 20.4. The molecule has 2 aliphatic heterocycles. The van der Waals surface area contributed by atoms with Crippen LogP contribution in [0, 0.1) is 0 Å². The summed E-state index contributed by atoms with van der Waals surface area (Å²) >= 11 is 0. The molecule has 42 heavy (non-hydrogen) atoms. The van der Waals surface area contributed by atoms with Gasteiger partial charge in [-0.2, -0.15) is 0 Å². The average molecular weight is 579 g/mol. The molecule has 2 aromatic carbocycles. The fraction of sp³-hybridized carbons (Fsp3) is 0.400. The van der Waals surface area contributed by atoms with Gasteiger partial charge in [-0.3, -0.25) is 24.1 Å². The number of fused-ring (bicyclic) bond motifs is 6. The summed E-state index contributed by atoms with van der Waals surface area (Å²) in [6, 6.07) is 6.35. The Hall–Kier alpha value is -4.42. The number of carbonyl (C=O) groups is 3. The van der Waals surface area contributed by atoms with Gasteiger partial charge in [0.2, 0.25) is 6.79 Å². The van der Waals surface area contributed by atoms with Crippen LogP contribution in [0.5, 0.6) is 23.0 Å². The molecule has 0 spiro atoms. The van der Waals surface area contributed by atoms with Gasteiger partial charge < -0.3 is 33.0 Å². The number of aromatic nitrogens is 1. The van der Waals surface area contributed by atoms with E-state index < -0.39 is 11.9 Å². The summed E-state index contributed by atoms with van der Waals surface area (Å²) in [7, 11) is 2.63. The van der Waals surface area contributed by atoms with E-state index in [0.717, 1.165) is 19.6 Å². The summed E-state index contributed by atoms with van der Waals surface area (Å²) in [6.07, 6.45) is 0.310. The highest BCUT2D eigenvalue weighted by Crippen LogP contribution is 2.47. The highest BCUT2D eigenvalue weighted by molar-refractivity contribution is 6.27. The van der Waals surface area contributed by atoms with Gasteiger partial charge in [0.1, 0.15) is 0 Å². The Labute approximate surface area is 240 Å². The minimum Gasteiger partial charge on any atom is -0.493 e. The van der Waals surface area contributed by atoms with Crippen molar-refractivity contribution in [1.82, 2.24) is 9.47 Å². The van der Waals surface area contributed by atoms with E-state index in [1.165, 1.54) is 26.4 Å². The SMILES string of the molecule is COC(=O)CCC(=O)Oc1cc2c3c(n(CCCN4CCOCC4)c(=O)c2cc1OC)-c1cc2c(cc1C3=O)OCO2. The van der Waals surface area contributed by atoms with Crippen LogP contribution in [0.25, 0.3) is 22.0 Å². The van der Waals surface area contributed by atoms with E-state index in [4.69, 9.17) is 23.7 Å². The molecular weight excluding hydrogens is 548 g/mol. The number of pyridine rings is 1. The molecule has 0 N–H and O–H groups in total. The first-order valence-corrected chi connectivity index (χ1v) is 13.7. The van der Waals surface area contributed by atoms with E-state index in [1.807, 2.05) is 0 Å². The molecule has 3 aromatic rings. The molecule has 0 radical (unpaired) electrons. The quantitative estimate of drug-likeness (QED) is 0.214. The number of hydrogen-bond donors (Lipinski definition) is 0. The zero-order chi connectivity index (χ0) is 29.4. The fourth-order valence-electron chi connectivity index (χ4n) is 5.63. The number of benzene rings is 2. The smallest absolute Gasteiger partial charge is 0.311 e. The first-order valence-electron chi connectivity index (χ1n) is 13.7. The molecule has 3 heterocycles. The van der Waals surface area contributed by atoms with Crippen molar-refractivity contribution in [3.63, 3.8) is 0 Å². The van der Waals surface area contributed by atoms with E-state index >= 15 is 0 Å². The third-order valence-corrected chi connectivity index (χ3v) is 7.74. The maximum Gasteiger partial charge on any atom is 0.311 e. The molecule has 220 valence electrons. The van der Waals surface area contributed by atoms with E-state index in [0.29, 0.717) is 65.4 Å². The third-order valence-electron chi connectivity index (χ3n) is 7.74. The molecule has 1 aliphatic carbocycles. The van der Waals surface area contributed by atoms with Crippen molar-refractivity contribution < 1.29 is 42.8 Å². The molecule has 0 amide bonds. The van der Waals surface area contributed by atoms with Crippen molar-refractivity contribution in [1.29, 1.82) is 0 Å². The lowest BCUT2D eigenvalue weighted by molar-refractivity contribution is -0.144. The molecule has 12 heteroatoms. The molecule has 1 saturated heterocycles. The van der Waals surface area contributed by atoms with Crippen molar-refractivity contribution in [2.45, 2.75) is 25.8 Å². The lowest BCUT2D eigenvalue weighted by Gasteiger charge is -2.26. The van der Waals surface area contributed by atoms with Crippen LogP contribution in [0.1, 0.15) is 35.2 Å². The minimum absolute atomic E-state index is 0.0319. The zero-order valence-electron chi connectivity index (χ0n) is 23.4. The maximum atomic E-state index is 14.1. The van der Waals surface area contributed by atoms with E-state index in [9.17, 15) is 19.2 Å². The highest BCUT2D eigenvalue weighted by Gasteiger charge is 2.36. The first kappa shape index (κ1) is 27.7. The zero-order valence-corrected chi connectivity index (χ0v) is 23.4. The van der Waals surface area contributed by atoms with Crippen molar-refractivity contribution in [2.75, 3.05) is 53.9 Å². The van der Waals surface area contributed by atoms with Crippen LogP contribution in [-0.2, 0) is 25.6 Å². The van der Waals surface area contributed by atoms with Crippen LogP contribution in [0.15, 0.2) is 29.1 Å². The molecule has 0 atom stereocenters. The molecule has 1 aromatic heterocycles. The molecule has 3 aliphatic rings. The second kappa shape index (κ2) is 11.5. The van der Waals surface area contributed by atoms with Gasteiger partial charge in [0, 0.05) is 42.7 Å². The molecule has 6 rings (SSSR count). The van der Waals surface area contributed by atoms with Gasteiger partial charge >= 0.3 is 11.9 Å². The van der Waals surface area contributed by atoms with Gasteiger partial charge in [0.25, 0.3) is 5.56 Å². The van der Waals surface area contributed by atoms with Crippen LogP contribution in [0.3, 0.4) is 0 Å². The van der Waals surface area contributed by atoms with E-state index in [2.05, 4.69) is 9.64 Å². The molecule has 1 fully saturated rings. The van der Waals surface area contributed by atoms with E-state index in [-0.39, 0.29) is 47.9 Å². The van der Waals surface area contributed by atoms with Crippen molar-refractivity contribution in [3.8, 4) is 34.3 Å². The number of rotatable bonds is 9. The summed E-state index contributed by atoms with van der Waals surface area (Å²) < 4.78 is 33.8. The lowest BCUT2D eigenvalue weighted by Crippen LogP contribution is -2.37. The number of ketones is 1. The third kappa shape index (κ3) is 4.96. The summed E-state index contributed by atoms with van der Waals surface area (Å²) in [5.74, 6) is -0.379.